The Morgan fingerprint density at radius 1 is 1.47 bits per heavy atom. The highest BCUT2D eigenvalue weighted by molar-refractivity contribution is 6.06. The minimum absolute atomic E-state index is 0.0292. The Balaban J connectivity index is 2.25. The molecule has 0 amide bonds. The standard InChI is InChI=1S/C11H14O4/c1-2-15-11(14)10(13)8-6-3-4-7(5-6)9(8)12/h6-7,13H,2-5H2,1H3. The maximum absolute atomic E-state index is 11.7. The summed E-state index contributed by atoms with van der Waals surface area (Å²) in [4.78, 5) is 23.0. The van der Waals surface area contributed by atoms with Crippen molar-refractivity contribution in [2.45, 2.75) is 26.2 Å². The van der Waals surface area contributed by atoms with E-state index in [0.717, 1.165) is 19.3 Å². The molecule has 0 aliphatic heterocycles. The third-order valence-corrected chi connectivity index (χ3v) is 3.20. The number of ketones is 1. The number of allylic oxidation sites excluding steroid dienone is 1. The van der Waals surface area contributed by atoms with E-state index in [-0.39, 0.29) is 24.2 Å². The lowest BCUT2D eigenvalue weighted by molar-refractivity contribution is -0.142. The highest BCUT2D eigenvalue weighted by Gasteiger charge is 2.45. The molecule has 2 saturated carbocycles. The summed E-state index contributed by atoms with van der Waals surface area (Å²) in [5.41, 5.74) is 0.310. The Hall–Kier alpha value is -1.32. The van der Waals surface area contributed by atoms with Crippen LogP contribution in [0.5, 0.6) is 0 Å². The number of hydrogen-bond donors (Lipinski definition) is 1. The summed E-state index contributed by atoms with van der Waals surface area (Å²) < 4.78 is 4.67. The minimum atomic E-state index is -0.770. The maximum atomic E-state index is 11.7. The van der Waals surface area contributed by atoms with Crippen LogP contribution in [-0.4, -0.2) is 23.5 Å². The van der Waals surface area contributed by atoms with Crippen LogP contribution >= 0.6 is 0 Å². The van der Waals surface area contributed by atoms with Gasteiger partial charge in [0, 0.05) is 11.5 Å². The van der Waals surface area contributed by atoms with Crippen molar-refractivity contribution in [2.24, 2.45) is 11.8 Å². The lowest BCUT2D eigenvalue weighted by atomic mass is 9.92. The molecule has 4 nitrogen and oxygen atoms in total. The molecule has 2 aliphatic carbocycles. The van der Waals surface area contributed by atoms with E-state index in [4.69, 9.17) is 0 Å². The molecule has 2 unspecified atom stereocenters. The SMILES string of the molecule is CCOC(=O)C(O)=C1C(=O)C2CCC1C2. The molecule has 0 spiro atoms. The predicted octanol–water partition coefficient (Wildman–Crippen LogP) is 1.36. The summed E-state index contributed by atoms with van der Waals surface area (Å²) in [5, 5.41) is 9.63. The van der Waals surface area contributed by atoms with E-state index in [0.29, 0.717) is 5.57 Å². The van der Waals surface area contributed by atoms with Crippen molar-refractivity contribution in [3.05, 3.63) is 11.3 Å². The van der Waals surface area contributed by atoms with Crippen LogP contribution < -0.4 is 0 Å². The first kappa shape index (κ1) is 10.2. The second kappa shape index (κ2) is 3.68. The largest absolute Gasteiger partial charge is 0.502 e. The summed E-state index contributed by atoms with van der Waals surface area (Å²) in [5.74, 6) is -1.19. The van der Waals surface area contributed by atoms with Gasteiger partial charge in [-0.15, -0.1) is 0 Å². The molecule has 2 rings (SSSR count). The van der Waals surface area contributed by atoms with Crippen LogP contribution in [0.2, 0.25) is 0 Å². The summed E-state index contributed by atoms with van der Waals surface area (Å²) in [6.45, 7) is 1.87. The van der Waals surface area contributed by atoms with Crippen LogP contribution in [0.15, 0.2) is 11.3 Å². The van der Waals surface area contributed by atoms with Crippen molar-refractivity contribution < 1.29 is 19.4 Å². The fourth-order valence-corrected chi connectivity index (χ4v) is 2.52. The lowest BCUT2D eigenvalue weighted by Gasteiger charge is -2.13. The molecule has 82 valence electrons. The molecule has 0 aromatic rings. The monoisotopic (exact) mass is 210 g/mol. The van der Waals surface area contributed by atoms with Gasteiger partial charge in [-0.05, 0) is 32.1 Å². The molecule has 2 fully saturated rings. The number of fused-ring (bicyclic) bond motifs is 2. The summed E-state index contributed by atoms with van der Waals surface area (Å²) in [6.07, 6.45) is 2.58. The van der Waals surface area contributed by atoms with Crippen LogP contribution in [0.3, 0.4) is 0 Å². The first-order valence-corrected chi connectivity index (χ1v) is 5.29. The molecular weight excluding hydrogens is 196 g/mol. The fraction of sp³-hybridized carbons (Fsp3) is 0.636. The zero-order valence-electron chi connectivity index (χ0n) is 8.66. The average molecular weight is 210 g/mol. The molecule has 0 radical (unpaired) electrons. The van der Waals surface area contributed by atoms with Gasteiger partial charge in [-0.3, -0.25) is 4.79 Å². The first-order valence-electron chi connectivity index (χ1n) is 5.29. The number of carbonyl (C=O) groups is 2. The number of carbonyl (C=O) groups excluding carboxylic acids is 2. The zero-order chi connectivity index (χ0) is 11.0. The molecule has 15 heavy (non-hydrogen) atoms. The molecular formula is C11H14O4. The van der Waals surface area contributed by atoms with Gasteiger partial charge in [0.1, 0.15) is 0 Å². The van der Waals surface area contributed by atoms with Crippen molar-refractivity contribution in [3.8, 4) is 0 Å². The van der Waals surface area contributed by atoms with E-state index in [1.807, 2.05) is 0 Å². The molecule has 4 heteroatoms. The predicted molar refractivity (Wildman–Crippen MR) is 52.1 cm³/mol. The van der Waals surface area contributed by atoms with Crippen molar-refractivity contribution in [3.63, 3.8) is 0 Å². The second-order valence-corrected chi connectivity index (χ2v) is 4.05. The Kier molecular flexibility index (Phi) is 2.50. The quantitative estimate of drug-likeness (QED) is 0.424. The molecule has 0 aromatic carbocycles. The van der Waals surface area contributed by atoms with E-state index in [1.54, 1.807) is 6.92 Å². The third kappa shape index (κ3) is 1.54. The summed E-state index contributed by atoms with van der Waals surface area (Å²) >= 11 is 0. The van der Waals surface area contributed by atoms with Crippen molar-refractivity contribution in [1.82, 2.24) is 0 Å². The fourth-order valence-electron chi connectivity index (χ4n) is 2.52. The third-order valence-electron chi connectivity index (χ3n) is 3.20. The van der Waals surface area contributed by atoms with Gasteiger partial charge in [-0.25, -0.2) is 4.79 Å². The normalized spacial score (nSPS) is 31.9. The Morgan fingerprint density at radius 2 is 2.13 bits per heavy atom. The van der Waals surface area contributed by atoms with Crippen LogP contribution in [0.25, 0.3) is 0 Å². The molecule has 0 aromatic heterocycles. The Labute approximate surface area is 87.9 Å². The van der Waals surface area contributed by atoms with E-state index in [9.17, 15) is 14.7 Å². The average Bonchev–Trinajstić information content (AvgIpc) is 2.77. The van der Waals surface area contributed by atoms with Gasteiger partial charge < -0.3 is 9.84 Å². The van der Waals surface area contributed by atoms with E-state index < -0.39 is 11.7 Å². The summed E-state index contributed by atoms with van der Waals surface area (Å²) in [7, 11) is 0. The van der Waals surface area contributed by atoms with E-state index in [1.165, 1.54) is 0 Å². The molecule has 2 aliphatic rings. The van der Waals surface area contributed by atoms with Gasteiger partial charge in [0.2, 0.25) is 5.76 Å². The molecule has 2 bridgehead atoms. The minimum Gasteiger partial charge on any atom is -0.502 e. The summed E-state index contributed by atoms with van der Waals surface area (Å²) in [6, 6.07) is 0. The van der Waals surface area contributed by atoms with Crippen LogP contribution in [0.4, 0.5) is 0 Å². The van der Waals surface area contributed by atoms with Gasteiger partial charge in [0.15, 0.2) is 5.78 Å². The van der Waals surface area contributed by atoms with Crippen LogP contribution in [-0.2, 0) is 14.3 Å². The van der Waals surface area contributed by atoms with Crippen molar-refractivity contribution >= 4 is 11.8 Å². The van der Waals surface area contributed by atoms with Gasteiger partial charge in [-0.2, -0.15) is 0 Å². The number of hydrogen-bond acceptors (Lipinski definition) is 4. The Bertz CT molecular complexity index is 342. The highest BCUT2D eigenvalue weighted by Crippen LogP contribution is 2.46. The van der Waals surface area contributed by atoms with Crippen molar-refractivity contribution in [2.75, 3.05) is 6.61 Å². The molecule has 1 N–H and O–H groups in total. The van der Waals surface area contributed by atoms with E-state index in [2.05, 4.69) is 4.74 Å². The van der Waals surface area contributed by atoms with Crippen molar-refractivity contribution in [1.29, 1.82) is 0 Å². The number of aliphatic hydroxyl groups excluding tert-OH is 1. The lowest BCUT2D eigenvalue weighted by Crippen LogP contribution is -2.19. The molecule has 0 heterocycles. The number of ether oxygens (including phenoxy) is 1. The maximum Gasteiger partial charge on any atom is 0.373 e. The van der Waals surface area contributed by atoms with Gasteiger partial charge in [-0.1, -0.05) is 0 Å². The second-order valence-electron chi connectivity index (χ2n) is 4.05. The first-order chi connectivity index (χ1) is 7.15. The Morgan fingerprint density at radius 3 is 2.67 bits per heavy atom. The number of esters is 1. The molecule has 0 saturated heterocycles. The topological polar surface area (TPSA) is 63.6 Å². The highest BCUT2D eigenvalue weighted by atomic mass is 16.5. The smallest absolute Gasteiger partial charge is 0.373 e. The van der Waals surface area contributed by atoms with Gasteiger partial charge in [0.25, 0.3) is 0 Å². The van der Waals surface area contributed by atoms with Crippen LogP contribution in [0.1, 0.15) is 26.2 Å². The number of rotatable bonds is 2. The number of aliphatic hydroxyl groups is 1. The van der Waals surface area contributed by atoms with E-state index >= 15 is 0 Å². The zero-order valence-corrected chi connectivity index (χ0v) is 8.66. The van der Waals surface area contributed by atoms with Crippen LogP contribution in [0, 0.1) is 11.8 Å². The van der Waals surface area contributed by atoms with Gasteiger partial charge >= 0.3 is 5.97 Å². The number of Topliss-reactive ketones (excluding diaryl/α,β-unsaturated/α-hetero) is 1. The molecule has 2 atom stereocenters. The van der Waals surface area contributed by atoms with Gasteiger partial charge in [0.05, 0.1) is 6.61 Å².